The molecule has 0 spiro atoms. The SMILES string of the molecule is Cc1nnc(-c2ccc(CNC(=O)CCOCCOCCOCCOCCOCc3cn(CC(C)(C)C)nn3)cc2)nn1. The van der Waals surface area contributed by atoms with Gasteiger partial charge in [-0.05, 0) is 17.9 Å². The zero-order valence-corrected chi connectivity index (χ0v) is 25.7. The Hall–Kier alpha value is -3.43. The lowest BCUT2D eigenvalue weighted by Crippen LogP contribution is -2.24. The Labute approximate surface area is 252 Å². The van der Waals surface area contributed by atoms with E-state index >= 15 is 0 Å². The van der Waals surface area contributed by atoms with Crippen molar-refractivity contribution in [2.75, 3.05) is 59.5 Å². The van der Waals surface area contributed by atoms with Crippen LogP contribution in [-0.4, -0.2) is 101 Å². The van der Waals surface area contributed by atoms with Crippen molar-refractivity contribution in [1.82, 2.24) is 40.7 Å². The molecule has 0 saturated heterocycles. The molecule has 1 N–H and O–H groups in total. The van der Waals surface area contributed by atoms with Gasteiger partial charge in [0.05, 0.1) is 72.3 Å². The van der Waals surface area contributed by atoms with Gasteiger partial charge in [0.15, 0.2) is 5.82 Å². The summed E-state index contributed by atoms with van der Waals surface area (Å²) in [5.41, 5.74) is 2.74. The third-order valence-corrected chi connectivity index (χ3v) is 5.71. The molecule has 0 aliphatic heterocycles. The molecule has 14 nitrogen and oxygen atoms in total. The highest BCUT2D eigenvalue weighted by molar-refractivity contribution is 5.76. The van der Waals surface area contributed by atoms with E-state index in [9.17, 15) is 4.79 Å². The van der Waals surface area contributed by atoms with Crippen LogP contribution in [0.2, 0.25) is 0 Å². The van der Waals surface area contributed by atoms with E-state index in [1.807, 2.05) is 35.1 Å². The molecular weight excluding hydrogens is 556 g/mol. The van der Waals surface area contributed by atoms with E-state index < -0.39 is 0 Å². The van der Waals surface area contributed by atoms with Gasteiger partial charge in [-0.2, -0.15) is 0 Å². The third-order valence-electron chi connectivity index (χ3n) is 5.71. The molecule has 0 aliphatic rings. The first-order chi connectivity index (χ1) is 20.8. The Balaban J connectivity index is 1.06. The summed E-state index contributed by atoms with van der Waals surface area (Å²) in [7, 11) is 0. The molecular formula is C29H44N8O6. The van der Waals surface area contributed by atoms with Crippen LogP contribution in [-0.2, 0) is 48.2 Å². The van der Waals surface area contributed by atoms with Crippen LogP contribution in [0, 0.1) is 12.3 Å². The van der Waals surface area contributed by atoms with Gasteiger partial charge < -0.3 is 29.0 Å². The topological polar surface area (TPSA) is 158 Å². The van der Waals surface area contributed by atoms with Crippen molar-refractivity contribution < 1.29 is 28.5 Å². The fraction of sp³-hybridized carbons (Fsp3) is 0.621. The van der Waals surface area contributed by atoms with Crippen LogP contribution in [0.3, 0.4) is 0 Å². The summed E-state index contributed by atoms with van der Waals surface area (Å²) >= 11 is 0. The molecule has 0 unspecified atom stereocenters. The third kappa shape index (κ3) is 15.0. The van der Waals surface area contributed by atoms with Crippen molar-refractivity contribution >= 4 is 5.91 Å². The largest absolute Gasteiger partial charge is 0.379 e. The molecule has 0 saturated carbocycles. The maximum atomic E-state index is 12.1. The lowest BCUT2D eigenvalue weighted by atomic mass is 9.97. The van der Waals surface area contributed by atoms with Gasteiger partial charge in [0, 0.05) is 25.1 Å². The first-order valence-corrected chi connectivity index (χ1v) is 14.5. The summed E-state index contributed by atoms with van der Waals surface area (Å²) in [6, 6.07) is 7.57. The van der Waals surface area contributed by atoms with Crippen molar-refractivity contribution in [2.24, 2.45) is 5.41 Å². The summed E-state index contributed by atoms with van der Waals surface area (Å²) in [6.07, 6.45) is 2.19. The van der Waals surface area contributed by atoms with Crippen LogP contribution in [0.15, 0.2) is 30.5 Å². The van der Waals surface area contributed by atoms with Gasteiger partial charge in [0.2, 0.25) is 11.7 Å². The highest BCUT2D eigenvalue weighted by Gasteiger charge is 2.12. The fourth-order valence-electron chi connectivity index (χ4n) is 3.64. The number of nitrogens with zero attached hydrogens (tertiary/aromatic N) is 7. The molecule has 3 aromatic rings. The van der Waals surface area contributed by atoms with E-state index in [-0.39, 0.29) is 17.7 Å². The van der Waals surface area contributed by atoms with Gasteiger partial charge >= 0.3 is 0 Å². The molecule has 0 radical (unpaired) electrons. The summed E-state index contributed by atoms with van der Waals surface area (Å²) in [5.74, 6) is 0.901. The number of ether oxygens (including phenoxy) is 5. The number of rotatable bonds is 21. The second-order valence-electron chi connectivity index (χ2n) is 11.0. The molecule has 3 rings (SSSR count). The molecule has 0 aliphatic carbocycles. The minimum Gasteiger partial charge on any atom is -0.379 e. The number of carbonyl (C=O) groups is 1. The summed E-state index contributed by atoms with van der Waals surface area (Å²) in [4.78, 5) is 12.1. The standard InChI is InChI=1S/C29H44N8O6/c1-23-31-34-28(35-32-23)25-7-5-24(6-8-25)19-30-27(38)9-10-39-11-12-40-13-14-41-15-16-42-17-18-43-21-26-20-37(36-33-26)22-29(2,3)4/h5-8,20H,9-19,21-22H2,1-4H3,(H,30,38). The van der Waals surface area contributed by atoms with Crippen molar-refractivity contribution in [2.45, 2.75) is 53.8 Å². The zero-order valence-electron chi connectivity index (χ0n) is 25.7. The van der Waals surface area contributed by atoms with Crippen LogP contribution in [0.25, 0.3) is 11.4 Å². The first kappa shape index (κ1) is 34.1. The number of amides is 1. The van der Waals surface area contributed by atoms with Gasteiger partial charge in [0.1, 0.15) is 5.69 Å². The average Bonchev–Trinajstić information content (AvgIpc) is 3.42. The highest BCUT2D eigenvalue weighted by Crippen LogP contribution is 2.16. The van der Waals surface area contributed by atoms with E-state index in [2.05, 4.69) is 56.8 Å². The molecule has 0 bridgehead atoms. The van der Waals surface area contributed by atoms with Crippen molar-refractivity contribution in [3.05, 3.63) is 47.5 Å². The Morgan fingerprint density at radius 3 is 1.91 bits per heavy atom. The Morgan fingerprint density at radius 2 is 1.33 bits per heavy atom. The quantitative estimate of drug-likeness (QED) is 0.178. The lowest BCUT2D eigenvalue weighted by molar-refractivity contribution is -0.122. The Kier molecular flexibility index (Phi) is 15.0. The van der Waals surface area contributed by atoms with E-state index in [4.69, 9.17) is 23.7 Å². The first-order valence-electron chi connectivity index (χ1n) is 14.5. The number of hydrogen-bond donors (Lipinski definition) is 1. The van der Waals surface area contributed by atoms with Gasteiger partial charge in [-0.25, -0.2) is 0 Å². The number of benzene rings is 1. The lowest BCUT2D eigenvalue weighted by Gasteiger charge is -2.16. The van der Waals surface area contributed by atoms with Crippen LogP contribution < -0.4 is 5.32 Å². The van der Waals surface area contributed by atoms with Crippen LogP contribution in [0.1, 0.15) is 44.3 Å². The summed E-state index contributed by atoms with van der Waals surface area (Å²) in [6.45, 7) is 13.9. The van der Waals surface area contributed by atoms with Crippen LogP contribution in [0.4, 0.5) is 0 Å². The van der Waals surface area contributed by atoms with Gasteiger partial charge in [-0.15, -0.1) is 25.5 Å². The van der Waals surface area contributed by atoms with Gasteiger partial charge in [-0.1, -0.05) is 50.3 Å². The zero-order chi connectivity index (χ0) is 30.8. The van der Waals surface area contributed by atoms with Crippen LogP contribution >= 0.6 is 0 Å². The van der Waals surface area contributed by atoms with Crippen LogP contribution in [0.5, 0.6) is 0 Å². The van der Waals surface area contributed by atoms with E-state index in [1.165, 1.54) is 0 Å². The molecule has 1 amide bonds. The maximum Gasteiger partial charge on any atom is 0.222 e. The van der Waals surface area contributed by atoms with Gasteiger partial charge in [0.25, 0.3) is 0 Å². The Bertz CT molecular complexity index is 1180. The predicted octanol–water partition coefficient (Wildman–Crippen LogP) is 2.17. The minimum absolute atomic E-state index is 0.0805. The molecule has 2 heterocycles. The number of hydrogen-bond acceptors (Lipinski definition) is 12. The van der Waals surface area contributed by atoms with Crippen molar-refractivity contribution in [3.8, 4) is 11.4 Å². The number of aromatic nitrogens is 7. The highest BCUT2D eigenvalue weighted by atomic mass is 16.6. The molecule has 236 valence electrons. The number of nitrogens with one attached hydrogen (secondary N) is 1. The van der Waals surface area contributed by atoms with Crippen molar-refractivity contribution in [1.29, 1.82) is 0 Å². The second kappa shape index (κ2) is 19.0. The van der Waals surface area contributed by atoms with E-state index in [0.29, 0.717) is 84.3 Å². The number of aryl methyl sites for hydroxylation is 1. The normalized spacial score (nSPS) is 11.6. The van der Waals surface area contributed by atoms with Crippen molar-refractivity contribution in [3.63, 3.8) is 0 Å². The molecule has 43 heavy (non-hydrogen) atoms. The molecule has 2 aromatic heterocycles. The molecule has 0 fully saturated rings. The molecule has 1 aromatic carbocycles. The molecule has 0 atom stereocenters. The van der Waals surface area contributed by atoms with E-state index in [0.717, 1.165) is 23.4 Å². The maximum absolute atomic E-state index is 12.1. The Morgan fingerprint density at radius 1 is 0.767 bits per heavy atom. The number of carbonyl (C=O) groups excluding carboxylic acids is 1. The van der Waals surface area contributed by atoms with Gasteiger partial charge in [-0.3, -0.25) is 9.48 Å². The molecule has 14 heteroatoms. The predicted molar refractivity (Wildman–Crippen MR) is 157 cm³/mol. The fourth-order valence-corrected chi connectivity index (χ4v) is 3.64. The summed E-state index contributed by atoms with van der Waals surface area (Å²) in [5, 5.41) is 27.0. The van der Waals surface area contributed by atoms with E-state index in [1.54, 1.807) is 6.92 Å². The smallest absolute Gasteiger partial charge is 0.222 e. The minimum atomic E-state index is -0.0805. The summed E-state index contributed by atoms with van der Waals surface area (Å²) < 4.78 is 29.4. The second-order valence-corrected chi connectivity index (χ2v) is 11.0. The monoisotopic (exact) mass is 600 g/mol. The average molecular weight is 601 g/mol.